The lowest BCUT2D eigenvalue weighted by Crippen LogP contribution is -2.45. The number of nitrogens with zero attached hydrogens (tertiary/aromatic N) is 2. The van der Waals surface area contributed by atoms with E-state index in [1.165, 1.54) is 19.3 Å². The van der Waals surface area contributed by atoms with Gasteiger partial charge >= 0.3 is 0 Å². The molecule has 0 radical (unpaired) electrons. The predicted octanol–water partition coefficient (Wildman–Crippen LogP) is 5.91. The van der Waals surface area contributed by atoms with Gasteiger partial charge in [-0.2, -0.15) is 0 Å². The van der Waals surface area contributed by atoms with Gasteiger partial charge in [-0.25, -0.2) is 10.4 Å². The number of hydrogen-bond donors (Lipinski definition) is 3. The van der Waals surface area contributed by atoms with Gasteiger partial charge in [0.15, 0.2) is 5.69 Å². The molecule has 6 nitrogen and oxygen atoms in total. The second-order valence-electron chi connectivity index (χ2n) is 8.99. The van der Waals surface area contributed by atoms with Gasteiger partial charge in [-0.3, -0.25) is 14.8 Å². The van der Waals surface area contributed by atoms with Gasteiger partial charge in [0.05, 0.1) is 10.7 Å². The highest BCUT2D eigenvalue weighted by Crippen LogP contribution is 2.32. The number of imidazole rings is 1. The number of hydrogen-bond acceptors (Lipinski definition) is 4. The Hall–Kier alpha value is -2.38. The van der Waals surface area contributed by atoms with E-state index in [1.54, 1.807) is 0 Å². The fraction of sp³-hybridized carbons (Fsp3) is 0.385. The van der Waals surface area contributed by atoms with Crippen LogP contribution in [0.15, 0.2) is 48.5 Å². The molecule has 8 heteroatoms. The number of amides is 1. The number of nitrogens with one attached hydrogen (secondary N) is 3. The standard InChI is InChI=1S/C26H31Cl2N5O/c1-17(2)29-16-23-24(26(34)32-31-19-8-4-3-5-9-19)30-25(21-10-6-7-11-22(21)28)33(23)20-14-12-18(27)13-15-20/h6-7,10-15,17,19,29,31H,3-5,8-9,16H2,1-2H3,(H,32,34). The van der Waals surface area contributed by atoms with Crippen LogP contribution in [0.4, 0.5) is 0 Å². The average Bonchev–Trinajstić information content (AvgIpc) is 3.22. The van der Waals surface area contributed by atoms with Gasteiger partial charge in [0, 0.05) is 34.9 Å². The second-order valence-corrected chi connectivity index (χ2v) is 9.84. The molecule has 3 aromatic rings. The first-order valence-corrected chi connectivity index (χ1v) is 12.6. The van der Waals surface area contributed by atoms with E-state index in [2.05, 4.69) is 30.0 Å². The molecule has 0 aliphatic heterocycles. The minimum absolute atomic E-state index is 0.230. The lowest BCUT2D eigenvalue weighted by molar-refractivity contribution is 0.0914. The first-order valence-electron chi connectivity index (χ1n) is 11.9. The molecule has 3 N–H and O–H groups in total. The zero-order chi connectivity index (χ0) is 24.1. The Morgan fingerprint density at radius 3 is 2.44 bits per heavy atom. The summed E-state index contributed by atoms with van der Waals surface area (Å²) < 4.78 is 1.99. The van der Waals surface area contributed by atoms with Crippen molar-refractivity contribution < 1.29 is 4.79 Å². The average molecular weight is 500 g/mol. The Balaban J connectivity index is 1.79. The van der Waals surface area contributed by atoms with Crippen molar-refractivity contribution in [3.05, 3.63) is 70.0 Å². The van der Waals surface area contributed by atoms with E-state index in [1.807, 2.05) is 53.1 Å². The molecule has 0 atom stereocenters. The van der Waals surface area contributed by atoms with Gasteiger partial charge < -0.3 is 5.32 Å². The Morgan fingerprint density at radius 1 is 1.06 bits per heavy atom. The van der Waals surface area contributed by atoms with Crippen LogP contribution < -0.4 is 16.2 Å². The predicted molar refractivity (Wildman–Crippen MR) is 138 cm³/mol. The molecule has 2 aromatic carbocycles. The number of benzene rings is 2. The van der Waals surface area contributed by atoms with Crippen molar-refractivity contribution in [3.8, 4) is 17.1 Å². The number of hydrazine groups is 1. The van der Waals surface area contributed by atoms with Gasteiger partial charge in [-0.15, -0.1) is 0 Å². The highest BCUT2D eigenvalue weighted by Gasteiger charge is 2.26. The number of carbonyl (C=O) groups is 1. The second kappa shape index (κ2) is 11.4. The van der Waals surface area contributed by atoms with E-state index in [0.717, 1.165) is 29.8 Å². The van der Waals surface area contributed by atoms with Crippen molar-refractivity contribution in [2.75, 3.05) is 0 Å². The summed E-state index contributed by atoms with van der Waals surface area (Å²) in [5.74, 6) is 0.350. The number of aromatic nitrogens is 2. The fourth-order valence-electron chi connectivity index (χ4n) is 4.26. The molecule has 1 fully saturated rings. The molecule has 1 aromatic heterocycles. The molecule has 0 unspecified atom stereocenters. The SMILES string of the molecule is CC(C)NCc1c(C(=O)NNC2CCCCC2)nc(-c2ccccc2Cl)n1-c1ccc(Cl)cc1. The van der Waals surface area contributed by atoms with Gasteiger partial charge in [0.1, 0.15) is 5.82 Å². The zero-order valence-corrected chi connectivity index (χ0v) is 21.1. The molecule has 4 rings (SSSR count). The van der Waals surface area contributed by atoms with Crippen LogP contribution in [0.1, 0.15) is 62.1 Å². The van der Waals surface area contributed by atoms with Crippen LogP contribution in [0, 0.1) is 0 Å². The van der Waals surface area contributed by atoms with Crippen molar-refractivity contribution in [2.24, 2.45) is 0 Å². The van der Waals surface area contributed by atoms with Crippen LogP contribution in [0.2, 0.25) is 10.0 Å². The number of halogens is 2. The van der Waals surface area contributed by atoms with E-state index in [-0.39, 0.29) is 18.0 Å². The summed E-state index contributed by atoms with van der Waals surface area (Å²) in [5.41, 5.74) is 8.87. The van der Waals surface area contributed by atoms with E-state index in [4.69, 9.17) is 28.2 Å². The Morgan fingerprint density at radius 2 is 1.76 bits per heavy atom. The van der Waals surface area contributed by atoms with Gasteiger partial charge in [-0.1, -0.05) is 68.4 Å². The summed E-state index contributed by atoms with van der Waals surface area (Å²) in [7, 11) is 0. The van der Waals surface area contributed by atoms with Crippen molar-refractivity contribution in [2.45, 2.75) is 64.6 Å². The minimum Gasteiger partial charge on any atom is -0.309 e. The van der Waals surface area contributed by atoms with E-state index in [0.29, 0.717) is 28.1 Å². The van der Waals surface area contributed by atoms with Crippen LogP contribution in [0.5, 0.6) is 0 Å². The van der Waals surface area contributed by atoms with Crippen molar-refractivity contribution in [3.63, 3.8) is 0 Å². The number of carbonyl (C=O) groups excluding carboxylic acids is 1. The third-order valence-electron chi connectivity index (χ3n) is 6.06. The monoisotopic (exact) mass is 499 g/mol. The van der Waals surface area contributed by atoms with Crippen LogP contribution >= 0.6 is 23.2 Å². The minimum atomic E-state index is -0.257. The quantitative estimate of drug-likeness (QED) is 0.336. The van der Waals surface area contributed by atoms with Gasteiger partial charge in [-0.05, 0) is 49.2 Å². The molecule has 0 bridgehead atoms. The molecular weight excluding hydrogens is 469 g/mol. The summed E-state index contributed by atoms with van der Waals surface area (Å²) in [4.78, 5) is 18.2. The maximum absolute atomic E-state index is 13.4. The summed E-state index contributed by atoms with van der Waals surface area (Å²) in [6, 6.07) is 15.6. The maximum Gasteiger partial charge on any atom is 0.285 e. The lowest BCUT2D eigenvalue weighted by Gasteiger charge is -2.23. The summed E-state index contributed by atoms with van der Waals surface area (Å²) >= 11 is 12.7. The Bertz CT molecular complexity index is 1120. The molecule has 34 heavy (non-hydrogen) atoms. The fourth-order valence-corrected chi connectivity index (χ4v) is 4.61. The summed E-state index contributed by atoms with van der Waals surface area (Å²) in [6.07, 6.45) is 5.74. The highest BCUT2D eigenvalue weighted by atomic mass is 35.5. The third-order valence-corrected chi connectivity index (χ3v) is 6.64. The molecular formula is C26H31Cl2N5O. The van der Waals surface area contributed by atoms with Gasteiger partial charge in [0.25, 0.3) is 5.91 Å². The first kappa shape index (κ1) is 24.7. The molecule has 1 amide bonds. The van der Waals surface area contributed by atoms with Crippen molar-refractivity contribution >= 4 is 29.1 Å². The van der Waals surface area contributed by atoms with Crippen molar-refractivity contribution in [1.82, 2.24) is 25.7 Å². The smallest absolute Gasteiger partial charge is 0.285 e. The molecule has 0 spiro atoms. The largest absolute Gasteiger partial charge is 0.309 e. The number of rotatable bonds is 8. The Labute approximate surface area is 211 Å². The van der Waals surface area contributed by atoms with E-state index < -0.39 is 0 Å². The van der Waals surface area contributed by atoms with E-state index in [9.17, 15) is 4.79 Å². The highest BCUT2D eigenvalue weighted by molar-refractivity contribution is 6.33. The molecule has 1 saturated carbocycles. The third kappa shape index (κ3) is 5.81. The van der Waals surface area contributed by atoms with Crippen LogP contribution in [0.25, 0.3) is 17.1 Å². The molecule has 1 aliphatic carbocycles. The van der Waals surface area contributed by atoms with Gasteiger partial charge in [0.2, 0.25) is 0 Å². The van der Waals surface area contributed by atoms with Crippen molar-refractivity contribution in [1.29, 1.82) is 0 Å². The topological polar surface area (TPSA) is 71.0 Å². The Kier molecular flexibility index (Phi) is 8.27. The van der Waals surface area contributed by atoms with E-state index >= 15 is 0 Å². The zero-order valence-electron chi connectivity index (χ0n) is 19.6. The summed E-state index contributed by atoms with van der Waals surface area (Å²) in [6.45, 7) is 4.61. The lowest BCUT2D eigenvalue weighted by atomic mass is 9.96. The normalized spacial score (nSPS) is 14.5. The molecule has 1 heterocycles. The molecule has 0 saturated heterocycles. The molecule has 1 aliphatic rings. The van der Waals surface area contributed by atoms with Crippen LogP contribution in [-0.2, 0) is 6.54 Å². The summed E-state index contributed by atoms with van der Waals surface area (Å²) in [5, 5.41) is 4.65. The van der Waals surface area contributed by atoms with Crippen LogP contribution in [0.3, 0.4) is 0 Å². The maximum atomic E-state index is 13.4. The van der Waals surface area contributed by atoms with Crippen LogP contribution in [-0.4, -0.2) is 27.5 Å². The molecule has 180 valence electrons. The first-order chi connectivity index (χ1) is 16.4.